The van der Waals surface area contributed by atoms with E-state index in [9.17, 15) is 0 Å². The van der Waals surface area contributed by atoms with Crippen LogP contribution in [0.15, 0.2) is 41.5 Å². The van der Waals surface area contributed by atoms with Gasteiger partial charge in [0.1, 0.15) is 0 Å². The highest BCUT2D eigenvalue weighted by molar-refractivity contribution is 6.16. The molecule has 2 N–H and O–H groups in total. The van der Waals surface area contributed by atoms with Gasteiger partial charge in [0, 0.05) is 5.56 Å². The van der Waals surface area contributed by atoms with Crippen LogP contribution in [-0.4, -0.2) is 6.21 Å². The SMILES string of the molecule is N/N=C\c1ccc2ccc3c4c(ccc1c24)CCC=3. The van der Waals surface area contributed by atoms with Crippen molar-refractivity contribution < 1.29 is 0 Å². The van der Waals surface area contributed by atoms with E-state index in [0.29, 0.717) is 0 Å². The Labute approximate surface area is 111 Å². The molecule has 1 aliphatic rings. The molecule has 4 rings (SSSR count). The summed E-state index contributed by atoms with van der Waals surface area (Å²) in [6, 6.07) is 13.1. The summed E-state index contributed by atoms with van der Waals surface area (Å²) < 4.78 is 0. The highest BCUT2D eigenvalue weighted by Crippen LogP contribution is 2.31. The Morgan fingerprint density at radius 2 is 1.89 bits per heavy atom. The summed E-state index contributed by atoms with van der Waals surface area (Å²) in [5.74, 6) is 5.31. The first-order valence-electron chi connectivity index (χ1n) is 6.59. The maximum absolute atomic E-state index is 5.31. The minimum atomic E-state index is 1.09. The molecule has 0 atom stereocenters. The van der Waals surface area contributed by atoms with E-state index in [1.807, 2.05) is 0 Å². The fourth-order valence-electron chi connectivity index (χ4n) is 3.22. The Balaban J connectivity index is 2.31. The van der Waals surface area contributed by atoms with Crippen molar-refractivity contribution in [3.05, 3.63) is 52.7 Å². The molecule has 2 nitrogen and oxygen atoms in total. The number of aryl methyl sites for hydroxylation is 1. The van der Waals surface area contributed by atoms with Gasteiger partial charge in [0.25, 0.3) is 0 Å². The van der Waals surface area contributed by atoms with Gasteiger partial charge in [0.05, 0.1) is 6.21 Å². The van der Waals surface area contributed by atoms with E-state index in [-0.39, 0.29) is 0 Å². The number of hydrogen-bond donors (Lipinski definition) is 1. The zero-order chi connectivity index (χ0) is 12.8. The van der Waals surface area contributed by atoms with E-state index >= 15 is 0 Å². The van der Waals surface area contributed by atoms with Gasteiger partial charge in [-0.25, -0.2) is 0 Å². The van der Waals surface area contributed by atoms with Crippen molar-refractivity contribution in [2.75, 3.05) is 0 Å². The van der Waals surface area contributed by atoms with E-state index in [1.54, 1.807) is 6.21 Å². The average Bonchev–Trinajstić information content (AvgIpc) is 2.46. The summed E-state index contributed by atoms with van der Waals surface area (Å²) >= 11 is 0. The second-order valence-electron chi connectivity index (χ2n) is 5.08. The quantitative estimate of drug-likeness (QED) is 0.400. The van der Waals surface area contributed by atoms with Crippen LogP contribution in [0, 0.1) is 0 Å². The fourth-order valence-corrected chi connectivity index (χ4v) is 3.22. The third kappa shape index (κ3) is 1.40. The number of hydrogen-bond acceptors (Lipinski definition) is 2. The lowest BCUT2D eigenvalue weighted by molar-refractivity contribution is 1.04. The summed E-state index contributed by atoms with van der Waals surface area (Å²) in [5, 5.41) is 10.3. The second kappa shape index (κ2) is 3.82. The maximum Gasteiger partial charge on any atom is 0.0544 e. The van der Waals surface area contributed by atoms with Crippen molar-refractivity contribution >= 4 is 33.8 Å². The standard InChI is InChI=1S/C17H14N2/c18-19-10-14-7-6-13-5-4-11-2-1-3-12-8-9-15(14)17(13)16(11)12/h2,4-10H,1,3,18H2/b19-10-. The van der Waals surface area contributed by atoms with Gasteiger partial charge in [0.2, 0.25) is 0 Å². The van der Waals surface area contributed by atoms with Gasteiger partial charge >= 0.3 is 0 Å². The third-order valence-electron chi connectivity index (χ3n) is 4.06. The monoisotopic (exact) mass is 246 g/mol. The molecule has 0 aliphatic heterocycles. The smallest absolute Gasteiger partial charge is 0.0544 e. The lowest BCUT2D eigenvalue weighted by Crippen LogP contribution is -2.10. The van der Waals surface area contributed by atoms with Crippen LogP contribution in [-0.2, 0) is 6.42 Å². The Kier molecular flexibility index (Phi) is 2.12. The molecule has 0 amide bonds. The Bertz CT molecular complexity index is 875. The van der Waals surface area contributed by atoms with E-state index in [2.05, 4.69) is 47.6 Å². The van der Waals surface area contributed by atoms with Crippen LogP contribution in [0.4, 0.5) is 0 Å². The molecule has 0 bridgehead atoms. The third-order valence-corrected chi connectivity index (χ3v) is 4.06. The molecule has 0 heterocycles. The minimum absolute atomic E-state index is 1.09. The molecule has 0 saturated carbocycles. The molecule has 3 aromatic carbocycles. The zero-order valence-electron chi connectivity index (χ0n) is 10.6. The molecule has 1 aliphatic carbocycles. The molecule has 0 saturated heterocycles. The number of benzene rings is 3. The van der Waals surface area contributed by atoms with Gasteiger partial charge in [-0.05, 0) is 45.2 Å². The minimum Gasteiger partial charge on any atom is -0.323 e. The topological polar surface area (TPSA) is 38.4 Å². The Morgan fingerprint density at radius 1 is 1.00 bits per heavy atom. The lowest BCUT2D eigenvalue weighted by atomic mass is 9.89. The molecule has 0 fully saturated rings. The first kappa shape index (κ1) is 10.6. The number of hydrazone groups is 1. The largest absolute Gasteiger partial charge is 0.323 e. The summed E-state index contributed by atoms with van der Waals surface area (Å²) in [5.41, 5.74) is 2.54. The average molecular weight is 246 g/mol. The highest BCUT2D eigenvalue weighted by atomic mass is 15.1. The zero-order valence-corrected chi connectivity index (χ0v) is 10.6. The van der Waals surface area contributed by atoms with E-state index in [0.717, 1.165) is 18.4 Å². The summed E-state index contributed by atoms with van der Waals surface area (Å²) in [6.07, 6.45) is 6.34. The summed E-state index contributed by atoms with van der Waals surface area (Å²) in [4.78, 5) is 0. The first-order valence-corrected chi connectivity index (χ1v) is 6.59. The highest BCUT2D eigenvalue weighted by Gasteiger charge is 2.12. The van der Waals surface area contributed by atoms with Crippen molar-refractivity contribution in [2.45, 2.75) is 12.8 Å². The number of nitrogens with two attached hydrogens (primary N) is 1. The molecule has 0 spiro atoms. The molecule has 92 valence electrons. The Hall–Kier alpha value is -2.35. The fraction of sp³-hybridized carbons (Fsp3) is 0.118. The summed E-state index contributed by atoms with van der Waals surface area (Å²) in [6.45, 7) is 0. The van der Waals surface area contributed by atoms with Gasteiger partial charge in [-0.1, -0.05) is 42.5 Å². The summed E-state index contributed by atoms with van der Waals surface area (Å²) in [7, 11) is 0. The van der Waals surface area contributed by atoms with E-state index in [1.165, 1.54) is 32.3 Å². The van der Waals surface area contributed by atoms with Gasteiger partial charge < -0.3 is 5.84 Å². The molecule has 19 heavy (non-hydrogen) atoms. The predicted molar refractivity (Wildman–Crippen MR) is 81.2 cm³/mol. The van der Waals surface area contributed by atoms with Crippen molar-refractivity contribution in [1.29, 1.82) is 0 Å². The van der Waals surface area contributed by atoms with E-state index in [4.69, 9.17) is 5.84 Å². The van der Waals surface area contributed by atoms with Crippen LogP contribution in [0.3, 0.4) is 0 Å². The van der Waals surface area contributed by atoms with Crippen LogP contribution in [0.25, 0.3) is 27.6 Å². The van der Waals surface area contributed by atoms with E-state index < -0.39 is 0 Å². The van der Waals surface area contributed by atoms with Crippen LogP contribution >= 0.6 is 0 Å². The molecule has 0 aromatic heterocycles. The van der Waals surface area contributed by atoms with Crippen molar-refractivity contribution in [2.24, 2.45) is 10.9 Å². The van der Waals surface area contributed by atoms with Gasteiger partial charge in [0.15, 0.2) is 0 Å². The van der Waals surface area contributed by atoms with Crippen LogP contribution in [0.1, 0.15) is 17.5 Å². The Morgan fingerprint density at radius 3 is 2.79 bits per heavy atom. The van der Waals surface area contributed by atoms with Crippen LogP contribution in [0.2, 0.25) is 0 Å². The first-order chi connectivity index (χ1) is 9.38. The van der Waals surface area contributed by atoms with Gasteiger partial charge in [-0.2, -0.15) is 5.10 Å². The molecular weight excluding hydrogens is 232 g/mol. The van der Waals surface area contributed by atoms with Crippen molar-refractivity contribution in [3.63, 3.8) is 0 Å². The number of rotatable bonds is 1. The molecule has 0 radical (unpaired) electrons. The molecule has 0 unspecified atom stereocenters. The number of nitrogens with zero attached hydrogens (tertiary/aromatic N) is 1. The molecule has 3 aromatic rings. The lowest BCUT2D eigenvalue weighted by Gasteiger charge is -2.15. The van der Waals surface area contributed by atoms with Gasteiger partial charge in [-0.3, -0.25) is 0 Å². The van der Waals surface area contributed by atoms with Gasteiger partial charge in [-0.15, -0.1) is 0 Å². The predicted octanol–water partition coefficient (Wildman–Crippen LogP) is 2.73. The normalized spacial score (nSPS) is 14.3. The van der Waals surface area contributed by atoms with Crippen molar-refractivity contribution in [3.8, 4) is 0 Å². The molecular formula is C17H14N2. The maximum atomic E-state index is 5.31. The van der Waals surface area contributed by atoms with Crippen LogP contribution < -0.4 is 11.1 Å². The van der Waals surface area contributed by atoms with Crippen molar-refractivity contribution in [1.82, 2.24) is 0 Å². The second-order valence-corrected chi connectivity index (χ2v) is 5.08. The molecule has 2 heteroatoms. The van der Waals surface area contributed by atoms with Crippen LogP contribution in [0.5, 0.6) is 0 Å².